The fourth-order valence-electron chi connectivity index (χ4n) is 11.5. The number of carbonyl (C=O) groups is 3. The zero-order valence-electron chi connectivity index (χ0n) is 40.5. The van der Waals surface area contributed by atoms with Gasteiger partial charge >= 0.3 is 5.97 Å². The van der Waals surface area contributed by atoms with Gasteiger partial charge in [-0.2, -0.15) is 0 Å². The number of rotatable bonds is 8. The molecule has 1 saturated carbocycles. The zero-order chi connectivity index (χ0) is 48.9. The van der Waals surface area contributed by atoms with Crippen molar-refractivity contribution in [3.05, 3.63) is 149 Å². The van der Waals surface area contributed by atoms with Crippen molar-refractivity contribution >= 4 is 34.0 Å². The van der Waals surface area contributed by atoms with E-state index >= 15 is 0 Å². The molecule has 0 amide bonds. The fraction of sp³-hybridized carbons (Fsp3) is 0.397. The van der Waals surface area contributed by atoms with E-state index in [9.17, 15) is 29.7 Å². The van der Waals surface area contributed by atoms with Gasteiger partial charge in [-0.3, -0.25) is 14.4 Å². The van der Waals surface area contributed by atoms with E-state index in [-0.39, 0.29) is 64.8 Å². The second-order valence-corrected chi connectivity index (χ2v) is 19.9. The molecule has 2 aliphatic heterocycles. The van der Waals surface area contributed by atoms with Crippen LogP contribution in [0.4, 0.5) is 5.69 Å². The third kappa shape index (κ3) is 10.5. The molecule has 1 fully saturated rings. The van der Waals surface area contributed by atoms with Crippen LogP contribution in [0.1, 0.15) is 112 Å². The van der Waals surface area contributed by atoms with Gasteiger partial charge in [-0.05, 0) is 114 Å². The topological polar surface area (TPSA) is 166 Å². The van der Waals surface area contributed by atoms with Gasteiger partial charge in [0, 0.05) is 86.7 Å². The van der Waals surface area contributed by atoms with Crippen LogP contribution < -0.4 is 15.0 Å². The Morgan fingerprint density at radius 2 is 1.71 bits per heavy atom. The summed E-state index contributed by atoms with van der Waals surface area (Å²) in [6.45, 7) is 4.56. The highest BCUT2D eigenvalue weighted by Gasteiger charge is 2.37. The Morgan fingerprint density at radius 3 is 2.50 bits per heavy atom. The van der Waals surface area contributed by atoms with Gasteiger partial charge < -0.3 is 44.6 Å². The molecule has 2 aromatic heterocycles. The molecule has 4 heterocycles. The molecule has 4 bridgehead atoms. The van der Waals surface area contributed by atoms with Crippen LogP contribution >= 0.6 is 0 Å². The second-order valence-electron chi connectivity index (χ2n) is 19.9. The number of benzene rings is 3. The maximum atomic E-state index is 14.6. The Hall–Kier alpha value is -6.95. The highest BCUT2D eigenvalue weighted by atomic mass is 16.5. The van der Waals surface area contributed by atoms with Crippen molar-refractivity contribution < 1.29 is 39.2 Å². The Kier molecular flexibility index (Phi) is 14.4. The first kappa shape index (κ1) is 48.1. The summed E-state index contributed by atoms with van der Waals surface area (Å²) in [6.07, 6.45) is 28.4. The predicted octanol–water partition coefficient (Wildman–Crippen LogP) is 10.8. The fourth-order valence-corrected chi connectivity index (χ4v) is 11.5. The number of anilines is 1. The average molecular weight is 947 g/mol. The summed E-state index contributed by atoms with van der Waals surface area (Å²) >= 11 is 0. The molecular formula is C58H66N4O8. The molecule has 1 spiro atoms. The minimum atomic E-state index is -0.696. The Bertz CT molecular complexity index is 2860. The van der Waals surface area contributed by atoms with Crippen molar-refractivity contribution in [1.82, 2.24) is 14.9 Å². The monoisotopic (exact) mass is 946 g/mol. The van der Waals surface area contributed by atoms with Gasteiger partial charge in [0.1, 0.15) is 29.2 Å². The molecule has 0 radical (unpaired) electrons. The van der Waals surface area contributed by atoms with Crippen LogP contribution in [0.15, 0.2) is 127 Å². The van der Waals surface area contributed by atoms with E-state index in [1.54, 1.807) is 12.1 Å². The summed E-state index contributed by atoms with van der Waals surface area (Å²) < 4.78 is 13.5. The molecule has 5 unspecified atom stereocenters. The summed E-state index contributed by atoms with van der Waals surface area (Å²) in [5.41, 5.74) is 5.42. The lowest BCUT2D eigenvalue weighted by Gasteiger charge is -2.38. The number of hydrogen-bond acceptors (Lipinski definition) is 10. The van der Waals surface area contributed by atoms with E-state index in [4.69, 9.17) is 9.47 Å². The van der Waals surface area contributed by atoms with Crippen LogP contribution in [0.3, 0.4) is 0 Å². The van der Waals surface area contributed by atoms with Crippen LogP contribution in [0, 0.1) is 17.3 Å². The number of carbonyl (C=O) groups excluding carboxylic acids is 3. The number of aromatic nitrogens is 2. The lowest BCUT2D eigenvalue weighted by Crippen LogP contribution is -2.36. The van der Waals surface area contributed by atoms with Gasteiger partial charge in [-0.25, -0.2) is 0 Å². The Morgan fingerprint density at radius 1 is 0.900 bits per heavy atom. The van der Waals surface area contributed by atoms with Gasteiger partial charge in [-0.1, -0.05) is 80.8 Å². The molecule has 5 atom stereocenters. The standard InChI is InChI=1S/C58H66N4O8/c1-37-11-7-8-21-58(37)22-18-48(70-38(2)63)30-47(65)31-52(43-27-54(67)57(68)55(28-43)69-3)61-35-42-15-10-17-51(50(42)36-61)62(24-20-53(66)39-12-5-4-6-13-39)56-29-41(19-23-60-56)49(40-14-9-16-46(64)25-40)26-44-33-59-34-45(44)32-58/h7-11,14-17,19,21,25,27-29,33-37,39,48-49,52,59-60,64,67-68H,4-6,12-13,18,20,22-24,26,30-32H2,1-3H3. The first-order valence-corrected chi connectivity index (χ1v) is 25.0. The minimum Gasteiger partial charge on any atom is -0.508 e. The summed E-state index contributed by atoms with van der Waals surface area (Å²) in [6, 6.07) is 16.1. The molecule has 12 nitrogen and oxygen atoms in total. The van der Waals surface area contributed by atoms with Crippen molar-refractivity contribution in [2.24, 2.45) is 17.3 Å². The smallest absolute Gasteiger partial charge is 0.302 e. The number of aromatic hydroxyl groups is 3. The number of nitrogens with zero attached hydrogens (tertiary/aromatic N) is 2. The van der Waals surface area contributed by atoms with Crippen molar-refractivity contribution in [1.29, 1.82) is 0 Å². The number of ketones is 2. The molecule has 366 valence electrons. The number of phenols is 3. The minimum absolute atomic E-state index is 0.0186. The van der Waals surface area contributed by atoms with Crippen molar-refractivity contribution in [2.75, 3.05) is 25.1 Å². The maximum absolute atomic E-state index is 14.6. The quantitative estimate of drug-likeness (QED) is 0.0746. The number of esters is 1. The number of phenolic OH excluding ortho intramolecular Hbond substituents is 3. The molecular weight excluding hydrogens is 881 g/mol. The normalized spacial score (nSPS) is 23.5. The number of nitrogens with one attached hydrogen (secondary N) is 2. The first-order chi connectivity index (χ1) is 33.9. The third-order valence-corrected chi connectivity index (χ3v) is 15.4. The number of aromatic amines is 1. The molecule has 2 aliphatic carbocycles. The first-order valence-electron chi connectivity index (χ1n) is 25.0. The Balaban J connectivity index is 1.21. The van der Waals surface area contributed by atoms with E-state index < -0.39 is 23.9 Å². The average Bonchev–Trinajstić information content (AvgIpc) is 4.00. The number of H-pyrrole nitrogens is 1. The molecule has 3 aromatic carbocycles. The summed E-state index contributed by atoms with van der Waals surface area (Å²) in [7, 11) is 1.41. The van der Waals surface area contributed by atoms with Crippen molar-refractivity contribution in [3.8, 4) is 23.0 Å². The number of hydrogen-bond donors (Lipinski definition) is 5. The Labute approximate surface area is 410 Å². The lowest BCUT2D eigenvalue weighted by atomic mass is 9.66. The van der Waals surface area contributed by atoms with Crippen LogP contribution in [0.25, 0.3) is 10.8 Å². The number of allylic oxidation sites excluding steroid dienone is 6. The number of methoxy groups -OCH3 is 1. The summed E-state index contributed by atoms with van der Waals surface area (Å²) in [5.74, 6) is 0.0354. The van der Waals surface area contributed by atoms with Gasteiger partial charge in [0.05, 0.1) is 18.8 Å². The van der Waals surface area contributed by atoms with Gasteiger partial charge in [-0.15, -0.1) is 0 Å². The highest BCUT2D eigenvalue weighted by molar-refractivity contribution is 5.95. The highest BCUT2D eigenvalue weighted by Crippen LogP contribution is 2.45. The summed E-state index contributed by atoms with van der Waals surface area (Å²) in [5, 5.41) is 38.1. The van der Waals surface area contributed by atoms with E-state index in [0.29, 0.717) is 50.8 Å². The lowest BCUT2D eigenvalue weighted by molar-refractivity contribution is -0.148. The molecule has 5 N–H and O–H groups in total. The molecule has 12 heteroatoms. The van der Waals surface area contributed by atoms with Gasteiger partial charge in [0.2, 0.25) is 5.75 Å². The van der Waals surface area contributed by atoms with Crippen LogP contribution in [0.2, 0.25) is 0 Å². The van der Waals surface area contributed by atoms with E-state index in [1.165, 1.54) is 20.1 Å². The molecule has 0 saturated heterocycles. The van der Waals surface area contributed by atoms with Crippen molar-refractivity contribution in [2.45, 2.75) is 109 Å². The largest absolute Gasteiger partial charge is 0.508 e. The second kappa shape index (κ2) is 21.0. The van der Waals surface area contributed by atoms with Gasteiger partial charge in [0.15, 0.2) is 11.5 Å². The number of Topliss-reactive ketones (excluding diaryl/α,β-unsaturated/α-hetero) is 2. The van der Waals surface area contributed by atoms with Crippen molar-refractivity contribution in [3.63, 3.8) is 0 Å². The molecule has 5 aromatic rings. The zero-order valence-corrected chi connectivity index (χ0v) is 40.5. The van der Waals surface area contributed by atoms with Crippen LogP contribution in [-0.2, 0) is 32.0 Å². The molecule has 4 aliphatic rings. The number of fused-ring (bicyclic) bond motifs is 3. The molecule has 70 heavy (non-hydrogen) atoms. The van der Waals surface area contributed by atoms with Gasteiger partial charge in [0.25, 0.3) is 0 Å². The SMILES string of the molecule is COc1cc(C2CC(=O)CC(OC(C)=O)CCC3(C=CC=CC3C)Cc3c[nH]cc3CC(c3cccc(O)c3)C3=CCNC(=C3)N(CCC(=O)C3CCCCC3)c3cccc4cn2cc34)cc(O)c1O. The predicted molar refractivity (Wildman–Crippen MR) is 272 cm³/mol. The molecule has 9 rings (SSSR count). The number of dihydropyridines is 1. The van der Waals surface area contributed by atoms with E-state index in [2.05, 4.69) is 83.1 Å². The van der Waals surface area contributed by atoms with Crippen LogP contribution in [0.5, 0.6) is 23.0 Å². The van der Waals surface area contributed by atoms with Crippen LogP contribution in [-0.4, -0.2) is 68.7 Å². The maximum Gasteiger partial charge on any atom is 0.302 e. The number of ether oxygens (including phenoxy) is 2. The van der Waals surface area contributed by atoms with E-state index in [1.807, 2.05) is 41.2 Å². The van der Waals surface area contributed by atoms with E-state index in [0.717, 1.165) is 76.6 Å². The third-order valence-electron chi connectivity index (χ3n) is 15.4. The summed E-state index contributed by atoms with van der Waals surface area (Å²) in [4.78, 5) is 47.1.